The van der Waals surface area contributed by atoms with Crippen molar-refractivity contribution in [2.24, 2.45) is 0 Å². The second-order valence-corrected chi connectivity index (χ2v) is 10.5. The summed E-state index contributed by atoms with van der Waals surface area (Å²) in [6, 6.07) is 16.6. The Bertz CT molecular complexity index is 1540. The third-order valence-electron chi connectivity index (χ3n) is 5.36. The van der Waals surface area contributed by atoms with E-state index in [0.717, 1.165) is 18.2 Å². The summed E-state index contributed by atoms with van der Waals surface area (Å²) in [5.74, 6) is 0.378. The third-order valence-corrected chi connectivity index (χ3v) is 7.23. The molecule has 204 valence electrons. The zero-order valence-corrected chi connectivity index (χ0v) is 22.1. The molecule has 1 heterocycles. The number of nitrogens with one attached hydrogen (secondary N) is 1. The second-order valence-electron chi connectivity index (χ2n) is 8.17. The molecule has 4 aromatic rings. The van der Waals surface area contributed by atoms with Crippen LogP contribution in [0.25, 0.3) is 0 Å². The first-order valence-electron chi connectivity index (χ1n) is 11.2. The van der Waals surface area contributed by atoms with E-state index >= 15 is 0 Å². The summed E-state index contributed by atoms with van der Waals surface area (Å²) in [6.07, 6.45) is -3.24. The van der Waals surface area contributed by atoms with Gasteiger partial charge >= 0.3 is 22.3 Å². The Morgan fingerprint density at radius 2 is 1.59 bits per heavy atom. The molecule has 0 aliphatic rings. The highest BCUT2D eigenvalue weighted by molar-refractivity contribution is 7.87. The molecular weight excluding hydrogens is 580 g/mol. The Hall–Kier alpha value is -3.67. The van der Waals surface area contributed by atoms with Gasteiger partial charge in [-0.05, 0) is 60.2 Å². The van der Waals surface area contributed by atoms with Crippen molar-refractivity contribution in [3.05, 3.63) is 112 Å². The van der Waals surface area contributed by atoms with E-state index < -0.39 is 32.8 Å². The van der Waals surface area contributed by atoms with Crippen LogP contribution in [0.15, 0.2) is 94.4 Å². The van der Waals surface area contributed by atoms with Crippen LogP contribution in [0.3, 0.4) is 0 Å². The number of alkyl halides is 3. The standard InChI is InChI=1S/C26H19Cl2F3N2O5S/c27-22-7-2-8-23(28)24(22)32-25(34)33(16-20-5-3-13-37-20)15-17-9-11-19(12-10-17)38-39(35,36)21-6-1-4-18(14-21)26(29,30)31/h1-14H,15-16H2,(H,32,34). The van der Waals surface area contributed by atoms with Gasteiger partial charge < -0.3 is 18.8 Å². The van der Waals surface area contributed by atoms with Gasteiger partial charge in [-0.3, -0.25) is 0 Å². The lowest BCUT2D eigenvalue weighted by Crippen LogP contribution is -2.34. The predicted molar refractivity (Wildman–Crippen MR) is 139 cm³/mol. The average Bonchev–Trinajstić information content (AvgIpc) is 3.40. The number of hydrogen-bond acceptors (Lipinski definition) is 5. The molecule has 39 heavy (non-hydrogen) atoms. The van der Waals surface area contributed by atoms with Crippen molar-refractivity contribution in [2.45, 2.75) is 24.2 Å². The number of amides is 2. The number of halogens is 5. The molecule has 4 rings (SSSR count). The molecule has 0 radical (unpaired) electrons. The SMILES string of the molecule is O=C(Nc1c(Cl)cccc1Cl)N(Cc1ccc(OS(=O)(=O)c2cccc(C(F)(F)F)c2)cc1)Cc1ccco1. The quantitative estimate of drug-likeness (QED) is 0.211. The van der Waals surface area contributed by atoms with Crippen molar-refractivity contribution in [2.75, 3.05) is 5.32 Å². The minimum Gasteiger partial charge on any atom is -0.467 e. The molecule has 0 spiro atoms. The van der Waals surface area contributed by atoms with Crippen molar-refractivity contribution in [1.82, 2.24) is 4.90 Å². The van der Waals surface area contributed by atoms with Crippen LogP contribution in [-0.2, 0) is 29.4 Å². The number of furan rings is 1. The Kier molecular flexibility index (Phi) is 8.43. The Balaban J connectivity index is 1.50. The average molecular weight is 599 g/mol. The van der Waals surface area contributed by atoms with E-state index in [9.17, 15) is 26.4 Å². The first kappa shape index (κ1) is 28.3. The number of nitrogens with zero attached hydrogens (tertiary/aromatic N) is 1. The van der Waals surface area contributed by atoms with E-state index in [0.29, 0.717) is 17.4 Å². The number of benzene rings is 3. The topological polar surface area (TPSA) is 88.9 Å². The van der Waals surface area contributed by atoms with Gasteiger partial charge in [0.2, 0.25) is 0 Å². The molecule has 0 bridgehead atoms. The van der Waals surface area contributed by atoms with Crippen LogP contribution in [0.2, 0.25) is 10.0 Å². The summed E-state index contributed by atoms with van der Waals surface area (Å²) in [6.45, 7) is 0.151. The van der Waals surface area contributed by atoms with Gasteiger partial charge in [-0.2, -0.15) is 21.6 Å². The molecule has 2 amide bonds. The summed E-state index contributed by atoms with van der Waals surface area (Å²) in [7, 11) is -4.53. The van der Waals surface area contributed by atoms with E-state index in [-0.39, 0.29) is 34.6 Å². The molecule has 0 aliphatic heterocycles. The lowest BCUT2D eigenvalue weighted by atomic mass is 10.2. The molecular formula is C26H19Cl2F3N2O5S. The van der Waals surface area contributed by atoms with Gasteiger partial charge in [0.15, 0.2) is 0 Å². The maximum Gasteiger partial charge on any atom is 0.416 e. The normalized spacial score (nSPS) is 11.7. The highest BCUT2D eigenvalue weighted by Gasteiger charge is 2.32. The van der Waals surface area contributed by atoms with Crippen molar-refractivity contribution >= 4 is 45.0 Å². The number of carbonyl (C=O) groups excluding carboxylic acids is 1. The highest BCUT2D eigenvalue weighted by atomic mass is 35.5. The number of carbonyl (C=O) groups is 1. The van der Waals surface area contributed by atoms with E-state index in [4.69, 9.17) is 31.8 Å². The highest BCUT2D eigenvalue weighted by Crippen LogP contribution is 2.32. The van der Waals surface area contributed by atoms with E-state index in [1.807, 2.05) is 0 Å². The zero-order valence-electron chi connectivity index (χ0n) is 19.8. The molecule has 0 atom stereocenters. The van der Waals surface area contributed by atoms with Crippen LogP contribution in [0, 0.1) is 0 Å². The summed E-state index contributed by atoms with van der Waals surface area (Å²) in [4.78, 5) is 13.9. The molecule has 0 fully saturated rings. The molecule has 13 heteroatoms. The summed E-state index contributed by atoms with van der Waals surface area (Å²) >= 11 is 12.3. The lowest BCUT2D eigenvalue weighted by molar-refractivity contribution is -0.137. The summed E-state index contributed by atoms with van der Waals surface area (Å²) in [5.41, 5.74) is -0.292. The van der Waals surface area contributed by atoms with Gasteiger partial charge in [0.25, 0.3) is 0 Å². The van der Waals surface area contributed by atoms with Crippen LogP contribution < -0.4 is 9.50 Å². The zero-order chi connectivity index (χ0) is 28.2. The van der Waals surface area contributed by atoms with Gasteiger partial charge in [0.05, 0.1) is 34.1 Å². The largest absolute Gasteiger partial charge is 0.467 e. The smallest absolute Gasteiger partial charge is 0.416 e. The van der Waals surface area contributed by atoms with Crippen molar-refractivity contribution in [1.29, 1.82) is 0 Å². The fraction of sp³-hybridized carbons (Fsp3) is 0.115. The number of para-hydroxylation sites is 1. The summed E-state index contributed by atoms with van der Waals surface area (Å²) in [5, 5.41) is 3.18. The van der Waals surface area contributed by atoms with Crippen LogP contribution in [-0.4, -0.2) is 19.3 Å². The maximum absolute atomic E-state index is 13.1. The fourth-order valence-electron chi connectivity index (χ4n) is 3.47. The van der Waals surface area contributed by atoms with Gasteiger partial charge in [0, 0.05) is 6.54 Å². The predicted octanol–water partition coefficient (Wildman–Crippen LogP) is 7.61. The number of anilines is 1. The minimum absolute atomic E-state index is 0.0647. The first-order valence-corrected chi connectivity index (χ1v) is 13.3. The molecule has 1 N–H and O–H groups in total. The summed E-state index contributed by atoms with van der Waals surface area (Å²) < 4.78 is 74.4. The molecule has 0 saturated carbocycles. The molecule has 0 aliphatic carbocycles. The van der Waals surface area contributed by atoms with Crippen molar-refractivity contribution in [3.8, 4) is 5.75 Å². The Morgan fingerprint density at radius 1 is 0.923 bits per heavy atom. The van der Waals surface area contributed by atoms with E-state index in [1.54, 1.807) is 30.3 Å². The van der Waals surface area contributed by atoms with Crippen LogP contribution in [0.5, 0.6) is 5.75 Å². The van der Waals surface area contributed by atoms with Crippen molar-refractivity contribution < 1.29 is 35.0 Å². The minimum atomic E-state index is -4.71. The second kappa shape index (κ2) is 11.6. The van der Waals surface area contributed by atoms with Crippen LogP contribution in [0.1, 0.15) is 16.9 Å². The molecule has 7 nitrogen and oxygen atoms in total. The first-order chi connectivity index (χ1) is 18.4. The van der Waals surface area contributed by atoms with E-state index in [2.05, 4.69) is 5.32 Å². The van der Waals surface area contributed by atoms with Crippen LogP contribution >= 0.6 is 23.2 Å². The van der Waals surface area contributed by atoms with Gasteiger partial charge in [-0.25, -0.2) is 4.79 Å². The molecule has 3 aromatic carbocycles. The van der Waals surface area contributed by atoms with Crippen LogP contribution in [0.4, 0.5) is 23.7 Å². The third kappa shape index (κ3) is 7.25. The number of hydrogen-bond donors (Lipinski definition) is 1. The monoisotopic (exact) mass is 598 g/mol. The Morgan fingerprint density at radius 3 is 2.21 bits per heavy atom. The van der Waals surface area contributed by atoms with Crippen molar-refractivity contribution in [3.63, 3.8) is 0 Å². The maximum atomic E-state index is 13.1. The Labute approximate surface area is 231 Å². The van der Waals surface area contributed by atoms with Gasteiger partial charge in [-0.15, -0.1) is 0 Å². The molecule has 0 unspecified atom stereocenters. The molecule has 1 aromatic heterocycles. The molecule has 0 saturated heterocycles. The fourth-order valence-corrected chi connectivity index (χ4v) is 4.94. The van der Waals surface area contributed by atoms with Gasteiger partial charge in [-0.1, -0.05) is 47.5 Å². The number of urea groups is 1. The van der Waals surface area contributed by atoms with E-state index in [1.165, 1.54) is 35.4 Å². The lowest BCUT2D eigenvalue weighted by Gasteiger charge is -2.23. The number of rotatable bonds is 8. The van der Waals surface area contributed by atoms with Gasteiger partial charge in [0.1, 0.15) is 16.4 Å².